The summed E-state index contributed by atoms with van der Waals surface area (Å²) < 4.78 is 26.7. The summed E-state index contributed by atoms with van der Waals surface area (Å²) in [5.41, 5.74) is 6.08. The molecule has 0 amide bonds. The van der Waals surface area contributed by atoms with E-state index in [0.717, 1.165) is 6.92 Å². The van der Waals surface area contributed by atoms with Gasteiger partial charge in [0.2, 0.25) is 0 Å². The number of nitrogen functional groups attached to an aromatic ring is 1. The van der Waals surface area contributed by atoms with Crippen molar-refractivity contribution < 1.29 is 8.78 Å². The highest BCUT2D eigenvalue weighted by Crippen LogP contribution is 2.37. The number of aromatic nitrogens is 2. The van der Waals surface area contributed by atoms with Crippen LogP contribution in [0, 0.1) is 0 Å². The molecule has 2 aromatic rings. The Morgan fingerprint density at radius 2 is 1.88 bits per heavy atom. The molecule has 0 bridgehead atoms. The minimum absolute atomic E-state index is 0.0452. The van der Waals surface area contributed by atoms with E-state index in [-0.39, 0.29) is 17.1 Å². The minimum atomic E-state index is -3.03. The van der Waals surface area contributed by atoms with Gasteiger partial charge in [0.1, 0.15) is 5.69 Å². The summed E-state index contributed by atoms with van der Waals surface area (Å²) >= 11 is 5.74. The van der Waals surface area contributed by atoms with Crippen LogP contribution in [-0.2, 0) is 5.92 Å². The predicted octanol–water partition coefficient (Wildman–Crippen LogP) is 3.42. The normalized spacial score (nSPS) is 11.8. The van der Waals surface area contributed by atoms with Gasteiger partial charge >= 0.3 is 0 Å². The number of nitrogens with two attached hydrogens (primary N) is 1. The van der Waals surface area contributed by atoms with Crippen molar-refractivity contribution in [2.75, 3.05) is 5.73 Å². The molecule has 1 aromatic heterocycles. The number of nitrogens with one attached hydrogen (secondary N) is 1. The van der Waals surface area contributed by atoms with Crippen molar-refractivity contribution in [2.45, 2.75) is 12.8 Å². The summed E-state index contributed by atoms with van der Waals surface area (Å²) in [7, 11) is 0. The molecule has 90 valence electrons. The van der Waals surface area contributed by atoms with Gasteiger partial charge in [-0.15, -0.1) is 0 Å². The summed E-state index contributed by atoms with van der Waals surface area (Å²) in [5.74, 6) is -2.98. The van der Waals surface area contributed by atoms with Gasteiger partial charge in [0.05, 0.1) is 5.56 Å². The molecule has 0 spiro atoms. The summed E-state index contributed by atoms with van der Waals surface area (Å²) in [6.07, 6.45) is 0. The lowest BCUT2D eigenvalue weighted by Gasteiger charge is -2.11. The van der Waals surface area contributed by atoms with Crippen molar-refractivity contribution in [2.24, 2.45) is 0 Å². The van der Waals surface area contributed by atoms with Crippen LogP contribution in [-0.4, -0.2) is 10.2 Å². The number of hydrogen-bond donors (Lipinski definition) is 2. The van der Waals surface area contributed by atoms with Crippen LogP contribution in [0.5, 0.6) is 0 Å². The summed E-state index contributed by atoms with van der Waals surface area (Å²) in [6, 6.07) is 6.47. The Morgan fingerprint density at radius 1 is 1.29 bits per heavy atom. The highest BCUT2D eigenvalue weighted by molar-refractivity contribution is 6.30. The molecule has 0 saturated carbocycles. The molecule has 3 nitrogen and oxygen atoms in total. The van der Waals surface area contributed by atoms with Crippen LogP contribution in [0.3, 0.4) is 0 Å². The Bertz CT molecular complexity index is 529. The van der Waals surface area contributed by atoms with Gasteiger partial charge in [0, 0.05) is 11.9 Å². The number of alkyl halides is 2. The second kappa shape index (κ2) is 4.00. The zero-order chi connectivity index (χ0) is 12.6. The highest BCUT2D eigenvalue weighted by Gasteiger charge is 2.31. The zero-order valence-corrected chi connectivity index (χ0v) is 9.72. The zero-order valence-electron chi connectivity index (χ0n) is 8.97. The van der Waals surface area contributed by atoms with Crippen LogP contribution in [0.2, 0.25) is 5.02 Å². The predicted molar refractivity (Wildman–Crippen MR) is 63.0 cm³/mol. The Hall–Kier alpha value is -1.62. The van der Waals surface area contributed by atoms with Crippen LogP contribution in [0.1, 0.15) is 12.6 Å². The van der Waals surface area contributed by atoms with Crippen molar-refractivity contribution >= 4 is 17.4 Å². The van der Waals surface area contributed by atoms with Crippen molar-refractivity contribution in [3.8, 4) is 11.1 Å². The second-order valence-corrected chi connectivity index (χ2v) is 4.19. The average Bonchev–Trinajstić information content (AvgIpc) is 2.61. The number of hydrogen-bond acceptors (Lipinski definition) is 2. The third kappa shape index (κ3) is 2.24. The lowest BCUT2D eigenvalue weighted by molar-refractivity contribution is 0.0133. The molecule has 0 aliphatic heterocycles. The van der Waals surface area contributed by atoms with E-state index >= 15 is 0 Å². The number of nitrogens with zero attached hydrogens (tertiary/aromatic N) is 1. The van der Waals surface area contributed by atoms with E-state index in [4.69, 9.17) is 17.3 Å². The van der Waals surface area contributed by atoms with Gasteiger partial charge in [-0.25, -0.2) is 0 Å². The first-order valence-corrected chi connectivity index (χ1v) is 5.25. The standard InChI is InChI=1S/C11H10ClF2N3/c1-11(13,14)9-8(10(15)17-16-9)6-2-4-7(12)5-3-6/h2-5H,1H3,(H3,15,16,17). The largest absolute Gasteiger partial charge is 0.382 e. The van der Waals surface area contributed by atoms with Gasteiger partial charge in [0.25, 0.3) is 5.92 Å². The van der Waals surface area contributed by atoms with E-state index in [9.17, 15) is 8.78 Å². The molecule has 1 heterocycles. The third-order valence-corrected chi connectivity index (χ3v) is 2.62. The van der Waals surface area contributed by atoms with Crippen molar-refractivity contribution in [1.82, 2.24) is 10.2 Å². The van der Waals surface area contributed by atoms with Crippen LogP contribution in [0.4, 0.5) is 14.6 Å². The number of aromatic amines is 1. The lowest BCUT2D eigenvalue weighted by atomic mass is 10.0. The Morgan fingerprint density at radius 3 is 2.41 bits per heavy atom. The smallest absolute Gasteiger partial charge is 0.287 e. The molecule has 3 N–H and O–H groups in total. The van der Waals surface area contributed by atoms with Gasteiger partial charge in [-0.3, -0.25) is 5.10 Å². The van der Waals surface area contributed by atoms with Gasteiger partial charge < -0.3 is 5.73 Å². The minimum Gasteiger partial charge on any atom is -0.382 e. The summed E-state index contributed by atoms with van der Waals surface area (Å²) in [5, 5.41) is 6.42. The molecular weight excluding hydrogens is 248 g/mol. The first kappa shape index (κ1) is 11.9. The molecule has 0 fully saturated rings. The Balaban J connectivity index is 2.59. The van der Waals surface area contributed by atoms with Crippen molar-refractivity contribution in [1.29, 1.82) is 0 Å². The maximum Gasteiger partial charge on any atom is 0.287 e. The molecule has 0 radical (unpaired) electrons. The molecule has 0 aliphatic rings. The van der Waals surface area contributed by atoms with Gasteiger partial charge in [-0.1, -0.05) is 23.7 Å². The topological polar surface area (TPSA) is 54.7 Å². The average molecular weight is 258 g/mol. The molecule has 17 heavy (non-hydrogen) atoms. The highest BCUT2D eigenvalue weighted by atomic mass is 35.5. The second-order valence-electron chi connectivity index (χ2n) is 3.75. The van der Waals surface area contributed by atoms with Crippen LogP contribution in [0.15, 0.2) is 24.3 Å². The van der Waals surface area contributed by atoms with E-state index in [0.29, 0.717) is 10.6 Å². The van der Waals surface area contributed by atoms with Gasteiger partial charge in [-0.05, 0) is 17.7 Å². The monoisotopic (exact) mass is 257 g/mol. The number of rotatable bonds is 2. The molecule has 6 heteroatoms. The van der Waals surface area contributed by atoms with Crippen LogP contribution in [0.25, 0.3) is 11.1 Å². The fraction of sp³-hybridized carbons (Fsp3) is 0.182. The van der Waals surface area contributed by atoms with Crippen LogP contribution < -0.4 is 5.73 Å². The van der Waals surface area contributed by atoms with E-state index in [1.54, 1.807) is 24.3 Å². The van der Waals surface area contributed by atoms with Gasteiger partial charge in [0.15, 0.2) is 5.82 Å². The summed E-state index contributed by atoms with van der Waals surface area (Å²) in [6.45, 7) is 0.791. The number of benzene rings is 1. The number of halogens is 3. The SMILES string of the molecule is CC(F)(F)c1[nH]nc(N)c1-c1ccc(Cl)cc1. The molecule has 0 atom stereocenters. The van der Waals surface area contributed by atoms with E-state index in [2.05, 4.69) is 10.2 Å². The van der Waals surface area contributed by atoms with Crippen molar-refractivity contribution in [3.63, 3.8) is 0 Å². The number of anilines is 1. The maximum absolute atomic E-state index is 13.3. The fourth-order valence-corrected chi connectivity index (χ4v) is 1.71. The Kier molecular flexibility index (Phi) is 2.79. The third-order valence-electron chi connectivity index (χ3n) is 2.37. The first-order chi connectivity index (χ1) is 7.89. The molecule has 0 saturated heterocycles. The van der Waals surface area contributed by atoms with E-state index in [1.165, 1.54) is 0 Å². The molecule has 2 rings (SSSR count). The lowest BCUT2D eigenvalue weighted by Crippen LogP contribution is -2.09. The molecule has 0 unspecified atom stereocenters. The Labute approximate surface area is 102 Å². The van der Waals surface area contributed by atoms with Crippen molar-refractivity contribution in [3.05, 3.63) is 35.0 Å². The van der Waals surface area contributed by atoms with Gasteiger partial charge in [-0.2, -0.15) is 13.9 Å². The number of H-pyrrole nitrogens is 1. The summed E-state index contributed by atoms with van der Waals surface area (Å²) in [4.78, 5) is 0. The fourth-order valence-electron chi connectivity index (χ4n) is 1.58. The molecular formula is C11H10ClF2N3. The maximum atomic E-state index is 13.3. The van der Waals surface area contributed by atoms with E-state index < -0.39 is 5.92 Å². The molecule has 1 aromatic carbocycles. The van der Waals surface area contributed by atoms with E-state index in [1.807, 2.05) is 0 Å². The first-order valence-electron chi connectivity index (χ1n) is 4.87. The molecule has 0 aliphatic carbocycles. The van der Waals surface area contributed by atoms with Crippen LogP contribution >= 0.6 is 11.6 Å². The quantitative estimate of drug-likeness (QED) is 0.866.